The van der Waals surface area contributed by atoms with Gasteiger partial charge in [0.15, 0.2) is 4.90 Å². The summed E-state index contributed by atoms with van der Waals surface area (Å²) in [5.74, 6) is -2.75. The summed E-state index contributed by atoms with van der Waals surface area (Å²) in [6.07, 6.45) is 0. The summed E-state index contributed by atoms with van der Waals surface area (Å²) in [5, 5.41) is 0. The standard InChI is InChI=1S/C12H13ClF2N2O3S/c13-8-11(18)16-4-6-17(7-5-16)21(19,20)12-9(14)2-1-3-10(12)15/h1-3H,4-8H2. The predicted octanol–water partition coefficient (Wildman–Crippen LogP) is 1.04. The molecule has 9 heteroatoms. The average Bonchev–Trinajstić information content (AvgIpc) is 2.46. The lowest BCUT2D eigenvalue weighted by atomic mass is 10.3. The van der Waals surface area contributed by atoms with Gasteiger partial charge in [-0.3, -0.25) is 4.79 Å². The highest BCUT2D eigenvalue weighted by molar-refractivity contribution is 7.89. The van der Waals surface area contributed by atoms with Gasteiger partial charge in [-0.05, 0) is 12.1 Å². The van der Waals surface area contributed by atoms with E-state index in [9.17, 15) is 22.0 Å². The lowest BCUT2D eigenvalue weighted by Crippen LogP contribution is -2.51. The molecule has 0 N–H and O–H groups in total. The molecule has 1 heterocycles. The number of hydrogen-bond donors (Lipinski definition) is 0. The molecule has 2 rings (SSSR count). The van der Waals surface area contributed by atoms with E-state index in [-0.39, 0.29) is 38.0 Å². The predicted molar refractivity (Wildman–Crippen MR) is 72.4 cm³/mol. The van der Waals surface area contributed by atoms with Crippen LogP contribution in [0.15, 0.2) is 23.1 Å². The second-order valence-corrected chi connectivity index (χ2v) is 6.61. The molecule has 21 heavy (non-hydrogen) atoms. The molecule has 1 aliphatic heterocycles. The second kappa shape index (κ2) is 6.25. The van der Waals surface area contributed by atoms with E-state index < -0.39 is 26.6 Å². The van der Waals surface area contributed by atoms with E-state index in [2.05, 4.69) is 0 Å². The lowest BCUT2D eigenvalue weighted by molar-refractivity contribution is -0.129. The fourth-order valence-corrected chi connectivity index (χ4v) is 3.82. The minimum atomic E-state index is -4.27. The molecule has 1 fully saturated rings. The molecule has 0 aromatic heterocycles. The Labute approximate surface area is 126 Å². The molecule has 0 radical (unpaired) electrons. The Morgan fingerprint density at radius 3 is 2.14 bits per heavy atom. The molecule has 0 saturated carbocycles. The van der Waals surface area contributed by atoms with Gasteiger partial charge in [0.25, 0.3) is 0 Å². The fourth-order valence-electron chi connectivity index (χ4n) is 2.12. The molecule has 1 aliphatic rings. The van der Waals surface area contributed by atoms with Crippen LogP contribution in [0.4, 0.5) is 8.78 Å². The molecule has 1 aromatic rings. The molecule has 1 aromatic carbocycles. The van der Waals surface area contributed by atoms with E-state index in [1.54, 1.807) is 0 Å². The summed E-state index contributed by atoms with van der Waals surface area (Å²) in [6.45, 7) is 0.221. The normalized spacial score (nSPS) is 17.0. The first-order valence-electron chi connectivity index (χ1n) is 6.16. The number of rotatable bonds is 3. The minimum absolute atomic E-state index is 0.0290. The van der Waals surface area contributed by atoms with E-state index in [1.807, 2.05) is 0 Å². The van der Waals surface area contributed by atoms with Gasteiger partial charge in [0.1, 0.15) is 17.5 Å². The van der Waals surface area contributed by atoms with Crippen molar-refractivity contribution in [2.24, 2.45) is 0 Å². The maximum atomic E-state index is 13.6. The highest BCUT2D eigenvalue weighted by Gasteiger charge is 2.33. The molecule has 0 aliphatic carbocycles. The number of carbonyl (C=O) groups is 1. The van der Waals surface area contributed by atoms with Crippen LogP contribution in [0.25, 0.3) is 0 Å². The van der Waals surface area contributed by atoms with Gasteiger partial charge in [-0.25, -0.2) is 17.2 Å². The number of amides is 1. The quantitative estimate of drug-likeness (QED) is 0.774. The van der Waals surface area contributed by atoms with Crippen molar-refractivity contribution in [1.29, 1.82) is 0 Å². The topological polar surface area (TPSA) is 57.7 Å². The Hall–Kier alpha value is -1.25. The van der Waals surface area contributed by atoms with Crippen LogP contribution in [0.5, 0.6) is 0 Å². The van der Waals surface area contributed by atoms with Crippen LogP contribution in [0.1, 0.15) is 0 Å². The highest BCUT2D eigenvalue weighted by Crippen LogP contribution is 2.23. The van der Waals surface area contributed by atoms with Gasteiger partial charge in [-0.1, -0.05) is 6.07 Å². The van der Waals surface area contributed by atoms with Gasteiger partial charge in [0.05, 0.1) is 0 Å². The Morgan fingerprint density at radius 1 is 1.14 bits per heavy atom. The summed E-state index contributed by atoms with van der Waals surface area (Å²) in [4.78, 5) is 11.9. The van der Waals surface area contributed by atoms with Crippen LogP contribution >= 0.6 is 11.6 Å². The van der Waals surface area contributed by atoms with Crippen LogP contribution < -0.4 is 0 Å². The Balaban J connectivity index is 2.21. The summed E-state index contributed by atoms with van der Waals surface area (Å²) in [5.41, 5.74) is 0. The van der Waals surface area contributed by atoms with Crippen LogP contribution in [0, 0.1) is 11.6 Å². The molecule has 1 saturated heterocycles. The molecule has 0 unspecified atom stereocenters. The largest absolute Gasteiger partial charge is 0.339 e. The summed E-state index contributed by atoms with van der Waals surface area (Å²) in [6, 6.07) is 2.88. The zero-order valence-corrected chi connectivity index (χ0v) is 12.5. The molecular formula is C12H13ClF2N2O3S. The van der Waals surface area contributed by atoms with Gasteiger partial charge in [-0.15, -0.1) is 11.6 Å². The SMILES string of the molecule is O=C(CCl)N1CCN(S(=O)(=O)c2c(F)cccc2F)CC1. The molecule has 116 valence electrons. The maximum absolute atomic E-state index is 13.6. The van der Waals surface area contributed by atoms with E-state index in [0.717, 1.165) is 22.5 Å². The van der Waals surface area contributed by atoms with Crippen molar-refractivity contribution in [3.8, 4) is 0 Å². The number of alkyl halides is 1. The van der Waals surface area contributed by atoms with E-state index in [0.29, 0.717) is 0 Å². The first kappa shape index (κ1) is 16.1. The number of hydrogen-bond acceptors (Lipinski definition) is 3. The van der Waals surface area contributed by atoms with Crippen molar-refractivity contribution in [3.05, 3.63) is 29.8 Å². The number of halogens is 3. The van der Waals surface area contributed by atoms with Gasteiger partial charge < -0.3 is 4.90 Å². The summed E-state index contributed by atoms with van der Waals surface area (Å²) < 4.78 is 52.8. The zero-order chi connectivity index (χ0) is 15.6. The van der Waals surface area contributed by atoms with E-state index in [1.165, 1.54) is 4.90 Å². The first-order chi connectivity index (χ1) is 9.87. The van der Waals surface area contributed by atoms with Crippen LogP contribution in [-0.2, 0) is 14.8 Å². The molecule has 0 spiro atoms. The third-order valence-corrected chi connectivity index (χ3v) is 5.40. The van der Waals surface area contributed by atoms with Gasteiger partial charge in [-0.2, -0.15) is 4.31 Å². The molecule has 1 amide bonds. The van der Waals surface area contributed by atoms with E-state index in [4.69, 9.17) is 11.6 Å². The highest BCUT2D eigenvalue weighted by atomic mass is 35.5. The Morgan fingerprint density at radius 2 is 1.67 bits per heavy atom. The molecule has 5 nitrogen and oxygen atoms in total. The van der Waals surface area contributed by atoms with Gasteiger partial charge in [0, 0.05) is 26.2 Å². The van der Waals surface area contributed by atoms with Gasteiger partial charge in [0.2, 0.25) is 15.9 Å². The number of carbonyl (C=O) groups excluding carboxylic acids is 1. The number of sulfonamides is 1. The minimum Gasteiger partial charge on any atom is -0.339 e. The van der Waals surface area contributed by atoms with Crippen LogP contribution in [0.2, 0.25) is 0 Å². The Kier molecular flexibility index (Phi) is 4.80. The number of piperazine rings is 1. The van der Waals surface area contributed by atoms with Crippen molar-refractivity contribution < 1.29 is 22.0 Å². The first-order valence-corrected chi connectivity index (χ1v) is 8.13. The third-order valence-electron chi connectivity index (χ3n) is 3.22. The van der Waals surface area contributed by atoms with Crippen molar-refractivity contribution in [3.63, 3.8) is 0 Å². The van der Waals surface area contributed by atoms with Gasteiger partial charge >= 0.3 is 0 Å². The summed E-state index contributed by atoms with van der Waals surface area (Å²) >= 11 is 5.43. The van der Waals surface area contributed by atoms with E-state index >= 15 is 0 Å². The van der Waals surface area contributed by atoms with Crippen molar-refractivity contribution >= 4 is 27.5 Å². The average molecular weight is 339 g/mol. The lowest BCUT2D eigenvalue weighted by Gasteiger charge is -2.33. The smallest absolute Gasteiger partial charge is 0.249 e. The van der Waals surface area contributed by atoms with Crippen LogP contribution in [0.3, 0.4) is 0 Å². The summed E-state index contributed by atoms with van der Waals surface area (Å²) in [7, 11) is -4.27. The molecule has 0 bridgehead atoms. The third kappa shape index (κ3) is 3.17. The van der Waals surface area contributed by atoms with Crippen molar-refractivity contribution in [2.45, 2.75) is 4.90 Å². The number of benzene rings is 1. The Bertz CT molecular complexity index is 626. The van der Waals surface area contributed by atoms with Crippen molar-refractivity contribution in [1.82, 2.24) is 9.21 Å². The number of nitrogens with zero attached hydrogens (tertiary/aromatic N) is 2. The second-order valence-electron chi connectivity index (χ2n) is 4.47. The maximum Gasteiger partial charge on any atom is 0.249 e. The fraction of sp³-hybridized carbons (Fsp3) is 0.417. The molecule has 0 atom stereocenters. The zero-order valence-electron chi connectivity index (χ0n) is 10.9. The van der Waals surface area contributed by atoms with Crippen molar-refractivity contribution in [2.75, 3.05) is 32.1 Å². The molecular weight excluding hydrogens is 326 g/mol. The van der Waals surface area contributed by atoms with Crippen LogP contribution in [-0.4, -0.2) is 55.6 Å². The monoisotopic (exact) mass is 338 g/mol.